The van der Waals surface area contributed by atoms with Gasteiger partial charge in [-0.2, -0.15) is 0 Å². The van der Waals surface area contributed by atoms with Crippen molar-refractivity contribution < 1.29 is 0 Å². The number of hydrogen-bond acceptors (Lipinski definition) is 1. The monoisotopic (exact) mass is 214 g/mol. The Labute approximate surface area is 96.7 Å². The lowest BCUT2D eigenvalue weighted by Gasteiger charge is -1.85. The van der Waals surface area contributed by atoms with Crippen molar-refractivity contribution in [3.63, 3.8) is 0 Å². The van der Waals surface area contributed by atoms with Gasteiger partial charge in [0.2, 0.25) is 0 Å². The summed E-state index contributed by atoms with van der Waals surface area (Å²) < 4.78 is 0. The Bertz CT molecular complexity index is 379. The van der Waals surface area contributed by atoms with Crippen molar-refractivity contribution in [2.75, 3.05) is 0 Å². The van der Waals surface area contributed by atoms with E-state index in [1.54, 1.807) is 0 Å². The van der Waals surface area contributed by atoms with E-state index in [2.05, 4.69) is 19.2 Å². The lowest BCUT2D eigenvalue weighted by atomic mass is 10.2. The minimum Gasteiger partial charge on any atom is -0.143 e. The highest BCUT2D eigenvalue weighted by atomic mass is 32.1. The van der Waals surface area contributed by atoms with Crippen molar-refractivity contribution in [3.8, 4) is 0 Å². The summed E-state index contributed by atoms with van der Waals surface area (Å²) in [6, 6.07) is 19.8. The van der Waals surface area contributed by atoms with E-state index < -0.39 is 0 Å². The van der Waals surface area contributed by atoms with E-state index in [4.69, 9.17) is 0 Å². The highest BCUT2D eigenvalue weighted by Gasteiger charge is 1.75. The minimum atomic E-state index is 1.02. The normalized spacial score (nSPS) is 8.60. The van der Waals surface area contributed by atoms with Gasteiger partial charge in [-0.25, -0.2) is 0 Å². The molecule has 0 saturated carbocycles. The maximum Gasteiger partial charge on any atom is 0.00399 e. The van der Waals surface area contributed by atoms with Crippen LogP contribution < -0.4 is 0 Å². The Kier molecular flexibility index (Phi) is 5.34. The number of thiol groups is 1. The van der Waals surface area contributed by atoms with Gasteiger partial charge in [-0.15, -0.1) is 12.6 Å². The van der Waals surface area contributed by atoms with E-state index in [1.807, 2.05) is 66.7 Å². The molecule has 0 N–H and O–H groups in total. The molecule has 0 amide bonds. The molecule has 0 atom stereocenters. The zero-order valence-electron chi connectivity index (χ0n) is 8.51. The summed E-state index contributed by atoms with van der Waals surface area (Å²) in [5, 5.41) is 0. The first-order chi connectivity index (χ1) is 7.33. The molecular weight excluding hydrogens is 200 g/mol. The van der Waals surface area contributed by atoms with E-state index in [0.29, 0.717) is 0 Å². The fourth-order valence-corrected chi connectivity index (χ4v) is 1.19. The number of rotatable bonds is 1. The van der Waals surface area contributed by atoms with Gasteiger partial charge in [0, 0.05) is 4.90 Å². The van der Waals surface area contributed by atoms with E-state index in [9.17, 15) is 0 Å². The molecule has 0 bridgehead atoms. The topological polar surface area (TPSA) is 0 Å². The molecule has 0 heterocycles. The highest BCUT2D eigenvalue weighted by molar-refractivity contribution is 7.80. The first-order valence-corrected chi connectivity index (χ1v) is 5.19. The fraction of sp³-hybridized carbons (Fsp3) is 0. The van der Waals surface area contributed by atoms with Crippen molar-refractivity contribution >= 4 is 18.7 Å². The van der Waals surface area contributed by atoms with Gasteiger partial charge < -0.3 is 0 Å². The average Bonchev–Trinajstić information content (AvgIpc) is 2.32. The first kappa shape index (κ1) is 11.6. The second kappa shape index (κ2) is 6.91. The molecule has 2 aromatic rings. The molecule has 0 radical (unpaired) electrons. The Morgan fingerprint density at radius 3 is 1.53 bits per heavy atom. The zero-order valence-corrected chi connectivity index (χ0v) is 9.40. The van der Waals surface area contributed by atoms with Crippen molar-refractivity contribution in [1.29, 1.82) is 0 Å². The molecule has 0 saturated heterocycles. The van der Waals surface area contributed by atoms with Crippen LogP contribution in [-0.4, -0.2) is 0 Å². The Morgan fingerprint density at radius 2 is 1.27 bits per heavy atom. The molecule has 0 aliphatic rings. The van der Waals surface area contributed by atoms with Crippen LogP contribution in [0, 0.1) is 0 Å². The molecule has 0 aromatic heterocycles. The van der Waals surface area contributed by atoms with Crippen molar-refractivity contribution in [1.82, 2.24) is 0 Å². The third-order valence-corrected chi connectivity index (χ3v) is 2.09. The van der Waals surface area contributed by atoms with Crippen LogP contribution in [0.1, 0.15) is 5.56 Å². The summed E-state index contributed by atoms with van der Waals surface area (Å²) in [6.45, 7) is 3.63. The highest BCUT2D eigenvalue weighted by Crippen LogP contribution is 2.00. The van der Waals surface area contributed by atoms with E-state index in [0.717, 1.165) is 4.90 Å². The molecule has 76 valence electrons. The molecule has 1 heteroatoms. The summed E-state index contributed by atoms with van der Waals surface area (Å²) in [7, 11) is 0. The molecule has 0 aliphatic heterocycles. The van der Waals surface area contributed by atoms with E-state index in [1.165, 1.54) is 5.56 Å². The van der Waals surface area contributed by atoms with Crippen molar-refractivity contribution in [2.45, 2.75) is 4.90 Å². The van der Waals surface area contributed by atoms with Crippen molar-refractivity contribution in [3.05, 3.63) is 72.8 Å². The SMILES string of the molecule is C=Cc1ccccc1.Sc1ccccc1. The summed E-state index contributed by atoms with van der Waals surface area (Å²) in [6.07, 6.45) is 1.83. The van der Waals surface area contributed by atoms with Gasteiger partial charge in [0.1, 0.15) is 0 Å². The van der Waals surface area contributed by atoms with Crippen LogP contribution in [0.15, 0.2) is 72.1 Å². The first-order valence-electron chi connectivity index (χ1n) is 4.74. The standard InChI is InChI=1S/C8H8.C6H6S/c1-2-8-6-4-3-5-7-8;7-6-4-2-1-3-5-6/h2-7H,1H2;1-5,7H. The Morgan fingerprint density at radius 1 is 0.800 bits per heavy atom. The van der Waals surface area contributed by atoms with Gasteiger partial charge in [0.15, 0.2) is 0 Å². The lowest BCUT2D eigenvalue weighted by Crippen LogP contribution is -1.63. The average molecular weight is 214 g/mol. The van der Waals surface area contributed by atoms with Crippen LogP contribution in [0.5, 0.6) is 0 Å². The van der Waals surface area contributed by atoms with Crippen LogP contribution in [-0.2, 0) is 0 Å². The van der Waals surface area contributed by atoms with Gasteiger partial charge >= 0.3 is 0 Å². The molecule has 0 spiro atoms. The summed E-state index contributed by atoms with van der Waals surface area (Å²) >= 11 is 4.08. The van der Waals surface area contributed by atoms with Crippen LogP contribution in [0.25, 0.3) is 6.08 Å². The largest absolute Gasteiger partial charge is 0.143 e. The zero-order chi connectivity index (χ0) is 10.9. The molecule has 2 rings (SSSR count). The second-order valence-corrected chi connectivity index (χ2v) is 3.47. The van der Waals surface area contributed by atoms with Gasteiger partial charge in [0.05, 0.1) is 0 Å². The van der Waals surface area contributed by atoms with Gasteiger partial charge in [-0.1, -0.05) is 61.2 Å². The maximum atomic E-state index is 4.08. The van der Waals surface area contributed by atoms with Gasteiger partial charge in [0.25, 0.3) is 0 Å². The lowest BCUT2D eigenvalue weighted by molar-refractivity contribution is 1.48. The van der Waals surface area contributed by atoms with Crippen LogP contribution >= 0.6 is 12.6 Å². The Hall–Kier alpha value is -1.47. The second-order valence-electron chi connectivity index (χ2n) is 2.95. The minimum absolute atomic E-state index is 1.02. The molecule has 2 aromatic carbocycles. The summed E-state index contributed by atoms with van der Waals surface area (Å²) in [4.78, 5) is 1.02. The third kappa shape index (κ3) is 5.08. The number of hydrogen-bond donors (Lipinski definition) is 1. The quantitative estimate of drug-likeness (QED) is 0.672. The molecule has 0 aliphatic carbocycles. The fourth-order valence-electron chi connectivity index (χ4n) is 1.02. The number of benzene rings is 2. The van der Waals surface area contributed by atoms with Crippen LogP contribution in [0.4, 0.5) is 0 Å². The van der Waals surface area contributed by atoms with Gasteiger partial charge in [-0.3, -0.25) is 0 Å². The van der Waals surface area contributed by atoms with Gasteiger partial charge in [-0.05, 0) is 17.7 Å². The van der Waals surface area contributed by atoms with Crippen LogP contribution in [0.3, 0.4) is 0 Å². The predicted molar refractivity (Wildman–Crippen MR) is 70.2 cm³/mol. The molecule has 15 heavy (non-hydrogen) atoms. The maximum absolute atomic E-state index is 4.08. The molecular formula is C14H14S. The summed E-state index contributed by atoms with van der Waals surface area (Å²) in [5.74, 6) is 0. The smallest absolute Gasteiger partial charge is 0.00399 e. The Balaban J connectivity index is 0.000000151. The predicted octanol–water partition coefficient (Wildman–Crippen LogP) is 4.30. The molecule has 0 fully saturated rings. The van der Waals surface area contributed by atoms with E-state index >= 15 is 0 Å². The molecule has 0 unspecified atom stereocenters. The third-order valence-electron chi connectivity index (χ3n) is 1.79. The molecule has 0 nitrogen and oxygen atoms in total. The van der Waals surface area contributed by atoms with Crippen molar-refractivity contribution in [2.24, 2.45) is 0 Å². The summed E-state index contributed by atoms with van der Waals surface area (Å²) in [5.41, 5.74) is 1.17. The van der Waals surface area contributed by atoms with E-state index in [-0.39, 0.29) is 0 Å². The van der Waals surface area contributed by atoms with Crippen LogP contribution in [0.2, 0.25) is 0 Å².